The molecule has 1 aromatic carbocycles. The molecule has 0 bridgehead atoms. The maximum Gasteiger partial charge on any atom is 0.290 e. The Kier molecular flexibility index (Phi) is 6.42. The molecule has 2 N–H and O–H groups in total. The SMILES string of the molecule is CC(C)CC(=O)C1=C(O)C(=O)N(CCCO)C1c1ccc(N(C)C)cc1. The summed E-state index contributed by atoms with van der Waals surface area (Å²) in [6, 6.07) is 6.98. The molecule has 1 aliphatic rings. The molecule has 2 rings (SSSR count). The molecular weight excluding hydrogens is 332 g/mol. The highest BCUT2D eigenvalue weighted by Crippen LogP contribution is 2.39. The van der Waals surface area contributed by atoms with Crippen molar-refractivity contribution in [1.82, 2.24) is 4.90 Å². The van der Waals surface area contributed by atoms with Gasteiger partial charge in [0.1, 0.15) is 0 Å². The highest BCUT2D eigenvalue weighted by Gasteiger charge is 2.42. The van der Waals surface area contributed by atoms with E-state index in [0.717, 1.165) is 11.3 Å². The van der Waals surface area contributed by atoms with E-state index in [1.807, 2.05) is 57.1 Å². The van der Waals surface area contributed by atoms with Gasteiger partial charge in [-0.15, -0.1) is 0 Å². The zero-order valence-electron chi connectivity index (χ0n) is 15.9. The smallest absolute Gasteiger partial charge is 0.290 e. The van der Waals surface area contributed by atoms with E-state index in [4.69, 9.17) is 5.11 Å². The van der Waals surface area contributed by atoms with Crippen LogP contribution in [0.1, 0.15) is 38.3 Å². The zero-order valence-corrected chi connectivity index (χ0v) is 15.9. The second kappa shape index (κ2) is 8.36. The van der Waals surface area contributed by atoms with E-state index in [2.05, 4.69) is 0 Å². The lowest BCUT2D eigenvalue weighted by molar-refractivity contribution is -0.129. The Bertz CT molecular complexity index is 692. The molecule has 1 unspecified atom stereocenters. The minimum absolute atomic E-state index is 0.0634. The van der Waals surface area contributed by atoms with Gasteiger partial charge < -0.3 is 20.0 Å². The normalized spacial score (nSPS) is 17.4. The van der Waals surface area contributed by atoms with Crippen LogP contribution >= 0.6 is 0 Å². The first kappa shape index (κ1) is 20.0. The van der Waals surface area contributed by atoms with Gasteiger partial charge in [-0.25, -0.2) is 0 Å². The summed E-state index contributed by atoms with van der Waals surface area (Å²) in [6.07, 6.45) is 0.656. The lowest BCUT2D eigenvalue weighted by Crippen LogP contribution is -2.32. The van der Waals surface area contributed by atoms with Crippen molar-refractivity contribution in [3.8, 4) is 0 Å². The summed E-state index contributed by atoms with van der Waals surface area (Å²) >= 11 is 0. The number of rotatable bonds is 8. The van der Waals surface area contributed by atoms with Crippen molar-refractivity contribution in [3.63, 3.8) is 0 Å². The van der Waals surface area contributed by atoms with E-state index in [9.17, 15) is 14.7 Å². The van der Waals surface area contributed by atoms with Gasteiger partial charge in [0.15, 0.2) is 11.5 Å². The number of carbonyl (C=O) groups is 2. The number of Topliss-reactive ketones (excluding diaryl/α,β-unsaturated/α-hetero) is 1. The van der Waals surface area contributed by atoms with E-state index in [-0.39, 0.29) is 36.8 Å². The lowest BCUT2D eigenvalue weighted by Gasteiger charge is -2.27. The summed E-state index contributed by atoms with van der Waals surface area (Å²) in [7, 11) is 3.87. The maximum absolute atomic E-state index is 12.7. The molecular formula is C20H28N2O4. The summed E-state index contributed by atoms with van der Waals surface area (Å²) in [5.41, 5.74) is 1.94. The van der Waals surface area contributed by atoms with Gasteiger partial charge in [-0.2, -0.15) is 0 Å². The van der Waals surface area contributed by atoms with Gasteiger partial charge in [-0.1, -0.05) is 26.0 Å². The van der Waals surface area contributed by atoms with Crippen molar-refractivity contribution >= 4 is 17.4 Å². The summed E-state index contributed by atoms with van der Waals surface area (Å²) in [4.78, 5) is 28.7. The highest BCUT2D eigenvalue weighted by molar-refractivity contribution is 6.09. The summed E-state index contributed by atoms with van der Waals surface area (Å²) in [5.74, 6) is -1.09. The Morgan fingerprint density at radius 1 is 1.23 bits per heavy atom. The van der Waals surface area contributed by atoms with Crippen molar-refractivity contribution in [2.24, 2.45) is 5.92 Å². The van der Waals surface area contributed by atoms with Gasteiger partial charge in [0.2, 0.25) is 0 Å². The minimum Gasteiger partial charge on any atom is -0.503 e. The molecule has 0 aliphatic carbocycles. The number of hydrogen-bond donors (Lipinski definition) is 2. The molecule has 6 nitrogen and oxygen atoms in total. The van der Waals surface area contributed by atoms with Gasteiger partial charge >= 0.3 is 0 Å². The predicted octanol–water partition coefficient (Wildman–Crippen LogP) is 2.45. The van der Waals surface area contributed by atoms with Crippen molar-refractivity contribution < 1.29 is 19.8 Å². The number of hydrogen-bond acceptors (Lipinski definition) is 5. The number of carbonyl (C=O) groups excluding carboxylic acids is 2. The van der Waals surface area contributed by atoms with Gasteiger partial charge in [0.05, 0.1) is 11.6 Å². The first-order valence-corrected chi connectivity index (χ1v) is 8.93. The lowest BCUT2D eigenvalue weighted by atomic mass is 9.92. The first-order chi connectivity index (χ1) is 12.3. The second-order valence-corrected chi connectivity index (χ2v) is 7.25. The molecule has 1 aromatic rings. The molecule has 0 spiro atoms. The van der Waals surface area contributed by atoms with Gasteiger partial charge in [0.25, 0.3) is 5.91 Å². The van der Waals surface area contributed by atoms with Gasteiger partial charge in [-0.3, -0.25) is 9.59 Å². The molecule has 1 aliphatic heterocycles. The van der Waals surface area contributed by atoms with Crippen molar-refractivity contribution in [1.29, 1.82) is 0 Å². The summed E-state index contributed by atoms with van der Waals surface area (Å²) < 4.78 is 0. The fourth-order valence-corrected chi connectivity index (χ4v) is 3.19. The molecule has 26 heavy (non-hydrogen) atoms. The van der Waals surface area contributed by atoms with Crippen LogP contribution in [0.5, 0.6) is 0 Å². The van der Waals surface area contributed by atoms with Crippen molar-refractivity contribution in [2.75, 3.05) is 32.1 Å². The second-order valence-electron chi connectivity index (χ2n) is 7.25. The standard InChI is InChI=1S/C20H28N2O4/c1-13(2)12-16(24)17-18(14-6-8-15(9-7-14)21(3)4)22(10-5-11-23)20(26)19(17)25/h6-9,13,18,23,25H,5,10-12H2,1-4H3. The third kappa shape index (κ3) is 4.07. The number of aliphatic hydroxyl groups excluding tert-OH is 2. The number of nitrogens with zero attached hydrogens (tertiary/aromatic N) is 2. The number of benzene rings is 1. The highest BCUT2D eigenvalue weighted by atomic mass is 16.3. The molecule has 1 amide bonds. The monoisotopic (exact) mass is 360 g/mol. The molecule has 0 saturated heterocycles. The topological polar surface area (TPSA) is 81.1 Å². The van der Waals surface area contributed by atoms with Crippen molar-refractivity contribution in [3.05, 3.63) is 41.2 Å². The van der Waals surface area contributed by atoms with E-state index < -0.39 is 17.7 Å². The van der Waals surface area contributed by atoms with Crippen LogP contribution in [-0.2, 0) is 9.59 Å². The molecule has 1 atom stereocenters. The third-order valence-electron chi connectivity index (χ3n) is 4.48. The Balaban J connectivity index is 2.45. The van der Waals surface area contributed by atoms with Gasteiger partial charge in [-0.05, 0) is 30.0 Å². The quantitative estimate of drug-likeness (QED) is 0.744. The molecule has 0 radical (unpaired) electrons. The Morgan fingerprint density at radius 2 is 1.85 bits per heavy atom. The molecule has 0 aromatic heterocycles. The molecule has 142 valence electrons. The van der Waals surface area contributed by atoms with E-state index in [1.165, 1.54) is 4.90 Å². The molecule has 1 heterocycles. The van der Waals surface area contributed by atoms with Crippen LogP contribution in [0, 0.1) is 5.92 Å². The van der Waals surface area contributed by atoms with Crippen molar-refractivity contribution in [2.45, 2.75) is 32.7 Å². The largest absolute Gasteiger partial charge is 0.503 e. The van der Waals surface area contributed by atoms with Crippen LogP contribution in [0.15, 0.2) is 35.6 Å². The number of aliphatic hydroxyl groups is 2. The fraction of sp³-hybridized carbons (Fsp3) is 0.500. The number of ketones is 1. The average Bonchev–Trinajstić information content (AvgIpc) is 2.84. The maximum atomic E-state index is 12.7. The van der Waals surface area contributed by atoms with Crippen LogP contribution < -0.4 is 4.90 Å². The summed E-state index contributed by atoms with van der Waals surface area (Å²) in [6.45, 7) is 4.07. The molecule has 0 saturated carbocycles. The van der Waals surface area contributed by atoms with Gasteiger partial charge in [0, 0.05) is 39.4 Å². The Hall–Kier alpha value is -2.34. The van der Waals surface area contributed by atoms with E-state index in [0.29, 0.717) is 6.42 Å². The molecule has 0 fully saturated rings. The van der Waals surface area contributed by atoms with Crippen LogP contribution in [0.25, 0.3) is 0 Å². The van der Waals surface area contributed by atoms with E-state index in [1.54, 1.807) is 0 Å². The fourth-order valence-electron chi connectivity index (χ4n) is 3.19. The Morgan fingerprint density at radius 3 is 2.35 bits per heavy atom. The van der Waals surface area contributed by atoms with Crippen LogP contribution in [0.4, 0.5) is 5.69 Å². The van der Waals surface area contributed by atoms with Crippen LogP contribution in [0.3, 0.4) is 0 Å². The first-order valence-electron chi connectivity index (χ1n) is 8.93. The summed E-state index contributed by atoms with van der Waals surface area (Å²) in [5, 5.41) is 19.5. The number of anilines is 1. The third-order valence-corrected chi connectivity index (χ3v) is 4.48. The number of amides is 1. The zero-order chi connectivity index (χ0) is 19.4. The average molecular weight is 360 g/mol. The van der Waals surface area contributed by atoms with Crippen LogP contribution in [0.2, 0.25) is 0 Å². The minimum atomic E-state index is -0.614. The predicted molar refractivity (Wildman–Crippen MR) is 101 cm³/mol. The van der Waals surface area contributed by atoms with Crippen LogP contribution in [-0.4, -0.2) is 54.1 Å². The molecule has 6 heteroatoms. The van der Waals surface area contributed by atoms with E-state index >= 15 is 0 Å². The Labute approximate surface area is 154 Å².